The number of nitrogens with one attached hydrogen (secondary N) is 1. The van der Waals surface area contributed by atoms with Crippen molar-refractivity contribution >= 4 is 0 Å². The van der Waals surface area contributed by atoms with E-state index in [4.69, 9.17) is 0 Å². The molecule has 2 aromatic carbocycles. The minimum atomic E-state index is 0.366. The highest BCUT2D eigenvalue weighted by Gasteiger charge is 2.23. The minimum Gasteiger partial charge on any atom is -0.302 e. The van der Waals surface area contributed by atoms with Crippen molar-refractivity contribution in [1.82, 2.24) is 5.32 Å². The van der Waals surface area contributed by atoms with Gasteiger partial charge in [0.2, 0.25) is 0 Å². The highest BCUT2D eigenvalue weighted by atomic mass is 14.9. The van der Waals surface area contributed by atoms with E-state index in [1.165, 1.54) is 27.8 Å². The predicted molar refractivity (Wildman–Crippen MR) is 71.0 cm³/mol. The van der Waals surface area contributed by atoms with Crippen LogP contribution in [-0.2, 0) is 6.54 Å². The molecule has 1 aliphatic rings. The molecule has 1 nitrogen and oxygen atoms in total. The van der Waals surface area contributed by atoms with E-state index in [1.54, 1.807) is 0 Å². The fourth-order valence-electron chi connectivity index (χ4n) is 2.61. The zero-order valence-corrected chi connectivity index (χ0v) is 10.3. The Labute approximate surface area is 102 Å². The molecule has 1 heterocycles. The summed E-state index contributed by atoms with van der Waals surface area (Å²) in [5, 5.41) is 3.60. The molecule has 1 unspecified atom stereocenters. The van der Waals surface area contributed by atoms with Gasteiger partial charge < -0.3 is 5.32 Å². The molecule has 17 heavy (non-hydrogen) atoms. The molecule has 1 heteroatoms. The van der Waals surface area contributed by atoms with Crippen LogP contribution in [0.5, 0.6) is 0 Å². The molecule has 1 aliphatic heterocycles. The van der Waals surface area contributed by atoms with Gasteiger partial charge in [-0.2, -0.15) is 0 Å². The first-order chi connectivity index (χ1) is 8.25. The fourth-order valence-corrected chi connectivity index (χ4v) is 2.61. The second kappa shape index (κ2) is 4.01. The molecule has 0 aromatic heterocycles. The molecule has 0 radical (unpaired) electrons. The van der Waals surface area contributed by atoms with Gasteiger partial charge in [0.25, 0.3) is 0 Å². The molecule has 86 valence electrons. The highest BCUT2D eigenvalue weighted by molar-refractivity contribution is 5.44. The van der Waals surface area contributed by atoms with Gasteiger partial charge in [0.1, 0.15) is 0 Å². The number of aryl methyl sites for hydroxylation is 2. The summed E-state index contributed by atoms with van der Waals surface area (Å²) in [6.07, 6.45) is 0. The van der Waals surface area contributed by atoms with Crippen LogP contribution >= 0.6 is 0 Å². The summed E-state index contributed by atoms with van der Waals surface area (Å²) in [4.78, 5) is 0. The maximum absolute atomic E-state index is 3.60. The average molecular weight is 223 g/mol. The molecule has 2 aromatic rings. The van der Waals surface area contributed by atoms with Crippen LogP contribution in [0.4, 0.5) is 0 Å². The topological polar surface area (TPSA) is 12.0 Å². The fraction of sp³-hybridized carbons (Fsp3) is 0.250. The molecule has 0 aliphatic carbocycles. The van der Waals surface area contributed by atoms with Crippen LogP contribution in [0, 0.1) is 13.8 Å². The van der Waals surface area contributed by atoms with Crippen molar-refractivity contribution < 1.29 is 0 Å². The van der Waals surface area contributed by atoms with Crippen LogP contribution in [0.1, 0.15) is 33.9 Å². The monoisotopic (exact) mass is 223 g/mol. The van der Waals surface area contributed by atoms with Gasteiger partial charge >= 0.3 is 0 Å². The van der Waals surface area contributed by atoms with E-state index in [2.05, 4.69) is 61.6 Å². The van der Waals surface area contributed by atoms with Crippen LogP contribution < -0.4 is 5.32 Å². The molecular weight excluding hydrogens is 206 g/mol. The lowest BCUT2D eigenvalue weighted by molar-refractivity contribution is 0.666. The largest absolute Gasteiger partial charge is 0.302 e. The van der Waals surface area contributed by atoms with E-state index in [0.717, 1.165) is 6.54 Å². The van der Waals surface area contributed by atoms with Gasteiger partial charge in [0.05, 0.1) is 6.04 Å². The number of fused-ring (bicyclic) bond motifs is 1. The Morgan fingerprint density at radius 1 is 1.00 bits per heavy atom. The molecule has 0 spiro atoms. The number of rotatable bonds is 1. The van der Waals surface area contributed by atoms with Gasteiger partial charge in [-0.3, -0.25) is 0 Å². The van der Waals surface area contributed by atoms with Crippen molar-refractivity contribution in [1.29, 1.82) is 0 Å². The van der Waals surface area contributed by atoms with Crippen molar-refractivity contribution in [2.45, 2.75) is 26.4 Å². The Hall–Kier alpha value is -1.60. The summed E-state index contributed by atoms with van der Waals surface area (Å²) >= 11 is 0. The molecule has 0 bridgehead atoms. The lowest BCUT2D eigenvalue weighted by Gasteiger charge is -2.13. The van der Waals surface area contributed by atoms with E-state index in [1.807, 2.05) is 0 Å². The van der Waals surface area contributed by atoms with Gasteiger partial charge in [0.15, 0.2) is 0 Å². The summed E-state index contributed by atoms with van der Waals surface area (Å²) in [6.45, 7) is 5.31. The molecule has 0 saturated heterocycles. The summed E-state index contributed by atoms with van der Waals surface area (Å²) < 4.78 is 0. The first kappa shape index (κ1) is 10.5. The average Bonchev–Trinajstić information content (AvgIpc) is 2.75. The number of hydrogen-bond acceptors (Lipinski definition) is 1. The highest BCUT2D eigenvalue weighted by Crippen LogP contribution is 2.32. The summed E-state index contributed by atoms with van der Waals surface area (Å²) in [7, 11) is 0. The Bertz CT molecular complexity index is 540. The van der Waals surface area contributed by atoms with Crippen molar-refractivity contribution in [3.8, 4) is 0 Å². The molecule has 1 N–H and O–H groups in total. The molecule has 1 atom stereocenters. The van der Waals surface area contributed by atoms with E-state index in [9.17, 15) is 0 Å². The first-order valence-electron chi connectivity index (χ1n) is 6.14. The van der Waals surface area contributed by atoms with Crippen LogP contribution in [0.25, 0.3) is 0 Å². The van der Waals surface area contributed by atoms with E-state index in [-0.39, 0.29) is 0 Å². The third-order valence-electron chi connectivity index (χ3n) is 3.65. The number of benzene rings is 2. The lowest BCUT2D eigenvalue weighted by atomic mass is 9.96. The summed E-state index contributed by atoms with van der Waals surface area (Å²) in [5.74, 6) is 0. The Kier molecular flexibility index (Phi) is 2.49. The Balaban J connectivity index is 2.04. The minimum absolute atomic E-state index is 0.366. The second-order valence-corrected chi connectivity index (χ2v) is 4.87. The normalized spacial score (nSPS) is 18.1. The zero-order valence-electron chi connectivity index (χ0n) is 10.3. The van der Waals surface area contributed by atoms with Crippen LogP contribution in [0.15, 0.2) is 42.5 Å². The smallest absolute Gasteiger partial charge is 0.0582 e. The Morgan fingerprint density at radius 3 is 2.53 bits per heavy atom. The summed E-state index contributed by atoms with van der Waals surface area (Å²) in [6, 6.07) is 15.8. The van der Waals surface area contributed by atoms with Crippen molar-refractivity contribution in [2.24, 2.45) is 0 Å². The maximum Gasteiger partial charge on any atom is 0.0582 e. The van der Waals surface area contributed by atoms with Crippen molar-refractivity contribution in [2.75, 3.05) is 0 Å². The molecule has 3 rings (SSSR count). The maximum atomic E-state index is 3.60. The van der Waals surface area contributed by atoms with Gasteiger partial charge in [-0.15, -0.1) is 0 Å². The molecular formula is C16H17N. The molecule has 0 fully saturated rings. The standard InChI is InChI=1S/C16H17N/c1-11-6-8-13(9-7-11)16-14-5-3-4-12(2)15(14)10-17-16/h3-9,16-17H,10H2,1-2H3. The van der Waals surface area contributed by atoms with E-state index < -0.39 is 0 Å². The number of hydrogen-bond donors (Lipinski definition) is 1. The van der Waals surface area contributed by atoms with Crippen molar-refractivity contribution in [3.05, 3.63) is 70.3 Å². The first-order valence-corrected chi connectivity index (χ1v) is 6.14. The Morgan fingerprint density at radius 2 is 1.76 bits per heavy atom. The zero-order chi connectivity index (χ0) is 11.8. The SMILES string of the molecule is Cc1ccc(C2NCc3c(C)cccc32)cc1. The van der Waals surface area contributed by atoms with Crippen LogP contribution in [-0.4, -0.2) is 0 Å². The van der Waals surface area contributed by atoms with E-state index >= 15 is 0 Å². The van der Waals surface area contributed by atoms with Gasteiger partial charge in [-0.1, -0.05) is 48.0 Å². The second-order valence-electron chi connectivity index (χ2n) is 4.87. The third-order valence-corrected chi connectivity index (χ3v) is 3.65. The molecule has 0 saturated carbocycles. The van der Waals surface area contributed by atoms with Gasteiger partial charge in [-0.05, 0) is 36.1 Å². The predicted octanol–water partition coefficient (Wildman–Crippen LogP) is 3.50. The van der Waals surface area contributed by atoms with Crippen LogP contribution in [0.2, 0.25) is 0 Å². The van der Waals surface area contributed by atoms with Gasteiger partial charge in [0, 0.05) is 6.54 Å². The van der Waals surface area contributed by atoms with E-state index in [0.29, 0.717) is 6.04 Å². The van der Waals surface area contributed by atoms with Crippen molar-refractivity contribution in [3.63, 3.8) is 0 Å². The molecule has 0 amide bonds. The lowest BCUT2D eigenvalue weighted by Crippen LogP contribution is -2.13. The van der Waals surface area contributed by atoms with Crippen LogP contribution in [0.3, 0.4) is 0 Å². The summed E-state index contributed by atoms with van der Waals surface area (Å²) in [5.41, 5.74) is 6.98. The van der Waals surface area contributed by atoms with Gasteiger partial charge in [-0.25, -0.2) is 0 Å². The third kappa shape index (κ3) is 1.77. The quantitative estimate of drug-likeness (QED) is 0.780.